The van der Waals surface area contributed by atoms with Crippen LogP contribution < -0.4 is 5.32 Å². The third kappa shape index (κ3) is 3.34. The van der Waals surface area contributed by atoms with Crippen LogP contribution in [0.5, 0.6) is 0 Å². The number of amides is 1. The van der Waals surface area contributed by atoms with Gasteiger partial charge in [0.25, 0.3) is 5.91 Å². The highest BCUT2D eigenvalue weighted by atomic mass is 16.1. The number of aromatic nitrogens is 5. The monoisotopic (exact) mass is 375 g/mol. The third-order valence-electron chi connectivity index (χ3n) is 5.29. The standard InChI is InChI=1S/C20H21N7O/c28-20(14-5-6-16-11-21-25-27(16)12-14)22-15-7-9-26(10-8-15)13-19-23-17-3-1-2-4-18(17)24-19/h1-6,11-12,15H,7-10,13H2,(H,22,28)(H,23,24). The Kier molecular flexibility index (Phi) is 4.25. The largest absolute Gasteiger partial charge is 0.349 e. The molecular weight excluding hydrogens is 354 g/mol. The number of benzene rings is 1. The van der Waals surface area contributed by atoms with E-state index in [0.717, 1.165) is 54.9 Å². The number of nitrogens with zero attached hydrogens (tertiary/aromatic N) is 5. The molecule has 1 fully saturated rings. The maximum Gasteiger partial charge on any atom is 0.253 e. The summed E-state index contributed by atoms with van der Waals surface area (Å²) in [7, 11) is 0. The van der Waals surface area contributed by atoms with Crippen LogP contribution in [0.1, 0.15) is 29.0 Å². The van der Waals surface area contributed by atoms with Gasteiger partial charge in [-0.25, -0.2) is 9.50 Å². The Bertz CT molecular complexity index is 1090. The average Bonchev–Trinajstić information content (AvgIpc) is 3.34. The molecule has 28 heavy (non-hydrogen) atoms. The lowest BCUT2D eigenvalue weighted by atomic mass is 10.0. The number of nitrogens with one attached hydrogen (secondary N) is 2. The molecule has 0 saturated carbocycles. The van der Waals surface area contributed by atoms with Gasteiger partial charge in [0.15, 0.2) is 0 Å². The topological polar surface area (TPSA) is 91.2 Å². The molecule has 1 aliphatic rings. The van der Waals surface area contributed by atoms with Gasteiger partial charge in [-0.2, -0.15) is 0 Å². The molecule has 1 aliphatic heterocycles. The highest BCUT2D eigenvalue weighted by Gasteiger charge is 2.22. The zero-order valence-electron chi connectivity index (χ0n) is 15.4. The molecule has 142 valence electrons. The molecule has 4 aromatic rings. The first-order valence-corrected chi connectivity index (χ1v) is 9.51. The lowest BCUT2D eigenvalue weighted by Gasteiger charge is -2.31. The van der Waals surface area contributed by atoms with Crippen molar-refractivity contribution in [1.29, 1.82) is 0 Å². The molecule has 0 spiro atoms. The first kappa shape index (κ1) is 16.9. The molecule has 8 nitrogen and oxygen atoms in total. The zero-order valence-corrected chi connectivity index (χ0v) is 15.4. The fraction of sp³-hybridized carbons (Fsp3) is 0.300. The predicted molar refractivity (Wildman–Crippen MR) is 105 cm³/mol. The van der Waals surface area contributed by atoms with Crippen LogP contribution in [0, 0.1) is 0 Å². The van der Waals surface area contributed by atoms with E-state index in [0.29, 0.717) is 5.56 Å². The van der Waals surface area contributed by atoms with Crippen molar-refractivity contribution in [2.45, 2.75) is 25.4 Å². The molecular formula is C20H21N7O. The van der Waals surface area contributed by atoms with Gasteiger partial charge in [-0.05, 0) is 37.1 Å². The number of rotatable bonds is 4. The Morgan fingerprint density at radius 1 is 1.18 bits per heavy atom. The van der Waals surface area contributed by atoms with Gasteiger partial charge in [0.05, 0.1) is 34.9 Å². The van der Waals surface area contributed by atoms with Crippen LogP contribution in [0.3, 0.4) is 0 Å². The summed E-state index contributed by atoms with van der Waals surface area (Å²) in [5.74, 6) is 0.929. The lowest BCUT2D eigenvalue weighted by molar-refractivity contribution is 0.0907. The van der Waals surface area contributed by atoms with E-state index in [2.05, 4.69) is 30.5 Å². The molecule has 5 rings (SSSR count). The highest BCUT2D eigenvalue weighted by Crippen LogP contribution is 2.16. The number of pyridine rings is 1. The summed E-state index contributed by atoms with van der Waals surface area (Å²) in [6.45, 7) is 2.67. The molecule has 0 atom stereocenters. The number of fused-ring (bicyclic) bond motifs is 2. The average molecular weight is 375 g/mol. The van der Waals surface area contributed by atoms with E-state index in [1.54, 1.807) is 16.9 Å². The molecule has 0 unspecified atom stereocenters. The smallest absolute Gasteiger partial charge is 0.253 e. The van der Waals surface area contributed by atoms with E-state index in [-0.39, 0.29) is 11.9 Å². The van der Waals surface area contributed by atoms with E-state index in [1.165, 1.54) is 0 Å². The summed E-state index contributed by atoms with van der Waals surface area (Å²) in [5, 5.41) is 10.9. The van der Waals surface area contributed by atoms with Crippen LogP contribution in [0.2, 0.25) is 0 Å². The van der Waals surface area contributed by atoms with Crippen LogP contribution in [0.4, 0.5) is 0 Å². The zero-order chi connectivity index (χ0) is 18.9. The maximum absolute atomic E-state index is 12.5. The van der Waals surface area contributed by atoms with Crippen molar-refractivity contribution in [1.82, 2.24) is 35.0 Å². The first-order valence-electron chi connectivity index (χ1n) is 9.51. The van der Waals surface area contributed by atoms with E-state index < -0.39 is 0 Å². The van der Waals surface area contributed by atoms with Gasteiger partial charge in [-0.3, -0.25) is 9.69 Å². The molecule has 0 radical (unpaired) electrons. The Hall–Kier alpha value is -3.26. The van der Waals surface area contributed by atoms with E-state index in [1.807, 2.05) is 36.4 Å². The Labute approximate surface area is 161 Å². The normalized spacial score (nSPS) is 16.0. The summed E-state index contributed by atoms with van der Waals surface area (Å²) in [6, 6.07) is 11.9. The first-order chi connectivity index (χ1) is 13.7. The van der Waals surface area contributed by atoms with Crippen LogP contribution in [-0.4, -0.2) is 54.7 Å². The summed E-state index contributed by atoms with van der Waals surface area (Å²) in [6.07, 6.45) is 5.24. The Morgan fingerprint density at radius 3 is 2.89 bits per heavy atom. The van der Waals surface area contributed by atoms with Gasteiger partial charge >= 0.3 is 0 Å². The fourth-order valence-electron chi connectivity index (χ4n) is 3.75. The van der Waals surface area contributed by atoms with Crippen molar-refractivity contribution in [2.75, 3.05) is 13.1 Å². The molecule has 1 amide bonds. The fourth-order valence-corrected chi connectivity index (χ4v) is 3.75. The molecule has 3 aromatic heterocycles. The molecule has 8 heteroatoms. The number of H-pyrrole nitrogens is 1. The van der Waals surface area contributed by atoms with Gasteiger partial charge in [0.1, 0.15) is 5.82 Å². The second-order valence-electron chi connectivity index (χ2n) is 7.25. The number of hydrogen-bond donors (Lipinski definition) is 2. The molecule has 2 N–H and O–H groups in total. The van der Waals surface area contributed by atoms with E-state index in [4.69, 9.17) is 0 Å². The highest BCUT2D eigenvalue weighted by molar-refractivity contribution is 5.94. The second-order valence-corrected chi connectivity index (χ2v) is 7.25. The molecule has 0 aliphatic carbocycles. The SMILES string of the molecule is O=C(NC1CCN(Cc2nc3ccccc3[nH]2)CC1)c1ccc2cnnn2c1. The van der Waals surface area contributed by atoms with E-state index >= 15 is 0 Å². The van der Waals surface area contributed by atoms with Gasteiger partial charge < -0.3 is 10.3 Å². The second kappa shape index (κ2) is 7.05. The summed E-state index contributed by atoms with van der Waals surface area (Å²) in [5.41, 5.74) is 3.55. The maximum atomic E-state index is 12.5. The number of para-hydroxylation sites is 2. The van der Waals surface area contributed by atoms with Crippen molar-refractivity contribution >= 4 is 22.5 Å². The van der Waals surface area contributed by atoms with Crippen molar-refractivity contribution in [2.24, 2.45) is 0 Å². The third-order valence-corrected chi connectivity index (χ3v) is 5.29. The number of hydrogen-bond acceptors (Lipinski definition) is 5. The van der Waals surface area contributed by atoms with Crippen LogP contribution in [0.25, 0.3) is 16.6 Å². The van der Waals surface area contributed by atoms with Crippen LogP contribution in [-0.2, 0) is 6.54 Å². The summed E-state index contributed by atoms with van der Waals surface area (Å²) in [4.78, 5) is 23.0. The number of aromatic amines is 1. The number of imidazole rings is 1. The molecule has 1 aromatic carbocycles. The number of carbonyl (C=O) groups is 1. The Morgan fingerprint density at radius 2 is 2.04 bits per heavy atom. The van der Waals surface area contributed by atoms with Crippen LogP contribution >= 0.6 is 0 Å². The number of likely N-dealkylation sites (tertiary alicyclic amines) is 1. The minimum Gasteiger partial charge on any atom is -0.349 e. The van der Waals surface area contributed by atoms with E-state index in [9.17, 15) is 4.79 Å². The van der Waals surface area contributed by atoms with Crippen LogP contribution in [0.15, 0.2) is 48.8 Å². The summed E-state index contributed by atoms with van der Waals surface area (Å²) < 4.78 is 1.62. The van der Waals surface area contributed by atoms with Gasteiger partial charge in [-0.1, -0.05) is 17.3 Å². The van der Waals surface area contributed by atoms with Gasteiger partial charge in [0.2, 0.25) is 0 Å². The predicted octanol–water partition coefficient (Wildman–Crippen LogP) is 2.00. The minimum absolute atomic E-state index is 0.0619. The number of carbonyl (C=O) groups excluding carboxylic acids is 1. The Balaban J connectivity index is 1.17. The van der Waals surface area contributed by atoms with Gasteiger partial charge in [0, 0.05) is 25.3 Å². The lowest BCUT2D eigenvalue weighted by Crippen LogP contribution is -2.44. The number of piperidine rings is 1. The quantitative estimate of drug-likeness (QED) is 0.569. The van der Waals surface area contributed by atoms with Crippen molar-refractivity contribution in [3.63, 3.8) is 0 Å². The van der Waals surface area contributed by atoms with Crippen molar-refractivity contribution in [3.8, 4) is 0 Å². The molecule has 4 heterocycles. The minimum atomic E-state index is -0.0619. The molecule has 0 bridgehead atoms. The summed E-state index contributed by atoms with van der Waals surface area (Å²) >= 11 is 0. The van der Waals surface area contributed by atoms with Gasteiger partial charge in [-0.15, -0.1) is 5.10 Å². The van der Waals surface area contributed by atoms with Crippen molar-refractivity contribution < 1.29 is 4.79 Å². The van der Waals surface area contributed by atoms with Crippen molar-refractivity contribution in [3.05, 3.63) is 60.2 Å². The molecule has 1 saturated heterocycles.